The van der Waals surface area contributed by atoms with Crippen LogP contribution in [0, 0.1) is 13.8 Å². The molecule has 4 aromatic rings. The first-order valence-electron chi connectivity index (χ1n) is 9.33. The highest BCUT2D eigenvalue weighted by atomic mass is 16.5. The lowest BCUT2D eigenvalue weighted by molar-refractivity contribution is -0.620. The van der Waals surface area contributed by atoms with Gasteiger partial charge in [0.25, 0.3) is 5.56 Å². The largest absolute Gasteiger partial charge is 0.860 e. The number of aromatic hydroxyl groups is 1. The summed E-state index contributed by atoms with van der Waals surface area (Å²) in [6, 6.07) is 4.22. The number of phenols is 1. The van der Waals surface area contributed by atoms with Crippen molar-refractivity contribution < 1.29 is 24.7 Å². The standard InChI is InChI=1S/C19H19N7O6/c1-8-9(2)26(31)17(25(8)18-20-7-21-24-18)13(10-4-5-11(27)12(6-10)32-3)14-15(28)22-19(30)23-16(14)29/h4-7,13H,1-3H3,(H5-,20,21,22,23,24,27,28,29,30,31). The number of H-pyrrole nitrogens is 3. The fourth-order valence-corrected chi connectivity index (χ4v) is 3.63. The molecular weight excluding hydrogens is 422 g/mol. The van der Waals surface area contributed by atoms with E-state index in [2.05, 4.69) is 25.1 Å². The molecule has 1 aromatic carbocycles. The van der Waals surface area contributed by atoms with Crippen LogP contribution < -0.4 is 25.7 Å². The van der Waals surface area contributed by atoms with Crippen LogP contribution in [0.1, 0.15) is 34.3 Å². The molecule has 0 radical (unpaired) electrons. The molecule has 166 valence electrons. The fraction of sp³-hybridized carbons (Fsp3) is 0.211. The smallest absolute Gasteiger partial charge is 0.376 e. The molecule has 3 heterocycles. The molecule has 0 aliphatic carbocycles. The maximum absolute atomic E-state index is 12.8. The van der Waals surface area contributed by atoms with Crippen LogP contribution in [0.4, 0.5) is 0 Å². The topological polar surface area (TPSA) is 189 Å². The van der Waals surface area contributed by atoms with Gasteiger partial charge in [-0.1, -0.05) is 11.1 Å². The third kappa shape index (κ3) is 3.15. The van der Waals surface area contributed by atoms with E-state index in [0.717, 1.165) is 4.73 Å². The quantitative estimate of drug-likeness (QED) is 0.194. The van der Waals surface area contributed by atoms with E-state index in [-0.39, 0.29) is 28.8 Å². The minimum Gasteiger partial charge on any atom is -0.860 e. The van der Waals surface area contributed by atoms with E-state index in [1.54, 1.807) is 13.8 Å². The average molecular weight is 441 g/mol. The van der Waals surface area contributed by atoms with Crippen LogP contribution in [0.25, 0.3) is 5.95 Å². The van der Waals surface area contributed by atoms with Crippen LogP contribution in [-0.4, -0.2) is 47.3 Å². The van der Waals surface area contributed by atoms with Gasteiger partial charge in [0.15, 0.2) is 11.5 Å². The van der Waals surface area contributed by atoms with Gasteiger partial charge in [0.2, 0.25) is 12.2 Å². The molecule has 1 atom stereocenters. The number of methoxy groups -OCH3 is 1. The van der Waals surface area contributed by atoms with Crippen molar-refractivity contribution in [1.29, 1.82) is 0 Å². The summed E-state index contributed by atoms with van der Waals surface area (Å²) in [5, 5.41) is 40.3. The summed E-state index contributed by atoms with van der Waals surface area (Å²) >= 11 is 0. The Morgan fingerprint density at radius 3 is 2.62 bits per heavy atom. The summed E-state index contributed by atoms with van der Waals surface area (Å²) in [5.74, 6) is -1.95. The van der Waals surface area contributed by atoms with E-state index in [1.807, 2.05) is 0 Å². The van der Waals surface area contributed by atoms with Gasteiger partial charge in [-0.15, -0.1) is 9.83 Å². The van der Waals surface area contributed by atoms with Gasteiger partial charge in [-0.25, -0.2) is 4.79 Å². The zero-order chi connectivity index (χ0) is 23.2. The number of rotatable bonds is 5. The summed E-state index contributed by atoms with van der Waals surface area (Å²) in [6.45, 7) is 3.34. The van der Waals surface area contributed by atoms with Gasteiger partial charge < -0.3 is 25.1 Å². The SMILES string of the molecule is COc1cc(C(c2c([O-])[nH]c(=O)[nH]c2=O)c2n(O)c(C)c(C)[n+]2-c2ncn[nH]2)ccc1O. The van der Waals surface area contributed by atoms with Crippen molar-refractivity contribution in [3.63, 3.8) is 0 Å². The number of imidazole rings is 1. The summed E-state index contributed by atoms with van der Waals surface area (Å²) < 4.78 is 7.49. The summed E-state index contributed by atoms with van der Waals surface area (Å²) in [5.41, 5.74) is -0.991. The summed E-state index contributed by atoms with van der Waals surface area (Å²) in [7, 11) is 1.34. The highest BCUT2D eigenvalue weighted by Gasteiger charge is 2.36. The lowest BCUT2D eigenvalue weighted by Crippen LogP contribution is -2.42. The second-order valence-electron chi connectivity index (χ2n) is 7.00. The first kappa shape index (κ1) is 20.7. The highest BCUT2D eigenvalue weighted by Crippen LogP contribution is 2.36. The molecule has 5 N–H and O–H groups in total. The Morgan fingerprint density at radius 1 is 1.25 bits per heavy atom. The molecule has 32 heavy (non-hydrogen) atoms. The number of phenolic OH excluding ortho intramolecular Hbond substituents is 1. The van der Waals surface area contributed by atoms with E-state index < -0.39 is 23.0 Å². The number of benzene rings is 1. The van der Waals surface area contributed by atoms with Crippen molar-refractivity contribution in [3.05, 3.63) is 73.7 Å². The molecular formula is C19H19N7O6. The van der Waals surface area contributed by atoms with Crippen molar-refractivity contribution in [2.24, 2.45) is 0 Å². The van der Waals surface area contributed by atoms with Crippen LogP contribution in [-0.2, 0) is 0 Å². The summed E-state index contributed by atoms with van der Waals surface area (Å²) in [4.78, 5) is 32.6. The molecule has 0 saturated heterocycles. The van der Waals surface area contributed by atoms with Gasteiger partial charge in [-0.2, -0.15) is 9.67 Å². The Balaban J connectivity index is 2.13. The average Bonchev–Trinajstić information content (AvgIpc) is 3.34. The Morgan fingerprint density at radius 2 is 2.00 bits per heavy atom. The first-order chi connectivity index (χ1) is 15.2. The van der Waals surface area contributed by atoms with Gasteiger partial charge in [-0.3, -0.25) is 9.78 Å². The van der Waals surface area contributed by atoms with Gasteiger partial charge >= 0.3 is 11.6 Å². The molecule has 4 rings (SSSR count). The number of aromatic amines is 3. The van der Waals surface area contributed by atoms with Crippen molar-refractivity contribution in [3.8, 4) is 23.3 Å². The lowest BCUT2D eigenvalue weighted by Gasteiger charge is -2.21. The van der Waals surface area contributed by atoms with E-state index in [4.69, 9.17) is 4.74 Å². The van der Waals surface area contributed by atoms with Gasteiger partial charge in [-0.05, 0) is 37.4 Å². The summed E-state index contributed by atoms with van der Waals surface area (Å²) in [6.07, 6.45) is 1.26. The molecule has 0 bridgehead atoms. The molecule has 0 saturated carbocycles. The van der Waals surface area contributed by atoms with E-state index >= 15 is 0 Å². The predicted octanol–water partition coefficient (Wildman–Crippen LogP) is -0.918. The van der Waals surface area contributed by atoms with Crippen LogP contribution in [0.5, 0.6) is 17.4 Å². The Labute approximate surface area is 179 Å². The van der Waals surface area contributed by atoms with Crippen LogP contribution >= 0.6 is 0 Å². The first-order valence-corrected chi connectivity index (χ1v) is 9.33. The number of nitrogens with one attached hydrogen (secondary N) is 3. The molecule has 0 aliphatic heterocycles. The molecule has 0 spiro atoms. The maximum atomic E-state index is 12.8. The second-order valence-corrected chi connectivity index (χ2v) is 7.00. The molecule has 0 fully saturated rings. The number of hydrogen-bond donors (Lipinski definition) is 5. The van der Waals surface area contributed by atoms with Crippen LogP contribution in [0.2, 0.25) is 0 Å². The van der Waals surface area contributed by atoms with E-state index in [9.17, 15) is 25.0 Å². The molecule has 1 unspecified atom stereocenters. The lowest BCUT2D eigenvalue weighted by atomic mass is 9.91. The highest BCUT2D eigenvalue weighted by molar-refractivity contribution is 5.48. The number of aromatic nitrogens is 7. The third-order valence-electron chi connectivity index (χ3n) is 5.26. The Bertz CT molecular complexity index is 1420. The zero-order valence-corrected chi connectivity index (χ0v) is 17.2. The van der Waals surface area contributed by atoms with Crippen molar-refractivity contribution >= 4 is 0 Å². The Kier molecular flexibility index (Phi) is 4.92. The minimum atomic E-state index is -1.21. The monoisotopic (exact) mass is 441 g/mol. The number of ether oxygens (including phenoxy) is 1. The minimum absolute atomic E-state index is 0.0548. The molecule has 13 nitrogen and oxygen atoms in total. The molecule has 0 amide bonds. The molecule has 13 heteroatoms. The Hall–Kier alpha value is -4.55. The normalized spacial score (nSPS) is 12.1. The van der Waals surface area contributed by atoms with Gasteiger partial charge in [0.05, 0.1) is 13.0 Å². The van der Waals surface area contributed by atoms with Crippen LogP contribution in [0.15, 0.2) is 34.1 Å². The molecule has 0 aliphatic rings. The van der Waals surface area contributed by atoms with Crippen molar-refractivity contribution in [1.82, 2.24) is 29.9 Å². The van der Waals surface area contributed by atoms with E-state index in [0.29, 0.717) is 17.0 Å². The van der Waals surface area contributed by atoms with Crippen LogP contribution in [0.3, 0.4) is 0 Å². The fourth-order valence-electron chi connectivity index (χ4n) is 3.63. The zero-order valence-electron chi connectivity index (χ0n) is 17.2. The number of nitrogens with zero attached hydrogens (tertiary/aromatic N) is 4. The third-order valence-corrected chi connectivity index (χ3v) is 5.26. The predicted molar refractivity (Wildman–Crippen MR) is 105 cm³/mol. The van der Waals surface area contributed by atoms with Crippen molar-refractivity contribution in [2.45, 2.75) is 19.8 Å². The second kappa shape index (κ2) is 7.61. The van der Waals surface area contributed by atoms with Crippen molar-refractivity contribution in [2.75, 3.05) is 7.11 Å². The van der Waals surface area contributed by atoms with Gasteiger partial charge in [0, 0.05) is 5.56 Å². The van der Waals surface area contributed by atoms with Gasteiger partial charge in [0.1, 0.15) is 11.4 Å². The number of hydrogen-bond acceptors (Lipinski definition) is 8. The molecule has 3 aromatic heterocycles. The van der Waals surface area contributed by atoms with E-state index in [1.165, 1.54) is 36.2 Å². The maximum Gasteiger partial charge on any atom is 0.376 e.